The monoisotopic (exact) mass is 220 g/mol. The van der Waals surface area contributed by atoms with E-state index in [4.69, 9.17) is 10.5 Å². The first-order chi connectivity index (χ1) is 7.75. The van der Waals surface area contributed by atoms with Gasteiger partial charge in [-0.15, -0.1) is 0 Å². The zero-order chi connectivity index (χ0) is 11.4. The van der Waals surface area contributed by atoms with Crippen LogP contribution < -0.4 is 5.73 Å². The lowest BCUT2D eigenvalue weighted by Crippen LogP contribution is -2.21. The molecule has 3 heteroatoms. The molecule has 88 valence electrons. The number of hydrogen-bond acceptors (Lipinski definition) is 3. The number of pyridine rings is 1. The van der Waals surface area contributed by atoms with Crippen LogP contribution in [0.4, 0.5) is 0 Å². The molecule has 0 aliphatic carbocycles. The van der Waals surface area contributed by atoms with E-state index < -0.39 is 0 Å². The van der Waals surface area contributed by atoms with E-state index in [-0.39, 0.29) is 6.04 Å². The van der Waals surface area contributed by atoms with Crippen LogP contribution in [0.5, 0.6) is 0 Å². The van der Waals surface area contributed by atoms with Gasteiger partial charge in [0.2, 0.25) is 0 Å². The van der Waals surface area contributed by atoms with Gasteiger partial charge in [0.25, 0.3) is 0 Å². The van der Waals surface area contributed by atoms with E-state index in [1.54, 1.807) is 0 Å². The minimum absolute atomic E-state index is 0.143. The molecule has 1 aliphatic rings. The van der Waals surface area contributed by atoms with Crippen LogP contribution in [-0.2, 0) is 4.74 Å². The lowest BCUT2D eigenvalue weighted by Gasteiger charge is -2.25. The number of nitrogens with zero attached hydrogens (tertiary/aromatic N) is 1. The maximum atomic E-state index is 6.23. The number of rotatable bonds is 3. The largest absolute Gasteiger partial charge is 0.381 e. The van der Waals surface area contributed by atoms with Crippen LogP contribution in [0.3, 0.4) is 0 Å². The molecule has 0 aromatic carbocycles. The van der Waals surface area contributed by atoms with Gasteiger partial charge in [0.05, 0.1) is 0 Å². The summed E-state index contributed by atoms with van der Waals surface area (Å²) < 4.78 is 5.36. The molecule has 3 nitrogen and oxygen atoms in total. The first-order valence-corrected chi connectivity index (χ1v) is 6.01. The van der Waals surface area contributed by atoms with Crippen LogP contribution in [-0.4, -0.2) is 18.2 Å². The average molecular weight is 220 g/mol. The Morgan fingerprint density at radius 2 is 2.25 bits per heavy atom. The molecule has 0 bridgehead atoms. The Morgan fingerprint density at radius 3 is 2.94 bits per heavy atom. The van der Waals surface area contributed by atoms with Crippen molar-refractivity contribution in [2.45, 2.75) is 32.2 Å². The zero-order valence-electron chi connectivity index (χ0n) is 9.86. The van der Waals surface area contributed by atoms with E-state index in [1.807, 2.05) is 19.2 Å². The predicted molar refractivity (Wildman–Crippen MR) is 64.1 cm³/mol. The number of nitrogens with two attached hydrogens (primary N) is 1. The highest BCUT2D eigenvalue weighted by atomic mass is 16.5. The van der Waals surface area contributed by atoms with Crippen LogP contribution in [0.2, 0.25) is 0 Å². The summed E-state index contributed by atoms with van der Waals surface area (Å²) in [5, 5.41) is 0. The molecule has 2 N–H and O–H groups in total. The van der Waals surface area contributed by atoms with E-state index in [0.29, 0.717) is 0 Å². The van der Waals surface area contributed by atoms with E-state index in [1.165, 1.54) is 5.56 Å². The fourth-order valence-electron chi connectivity index (χ4n) is 2.28. The minimum Gasteiger partial charge on any atom is -0.381 e. The van der Waals surface area contributed by atoms with E-state index in [2.05, 4.69) is 11.1 Å². The highest BCUT2D eigenvalue weighted by molar-refractivity contribution is 5.19. The Hall–Kier alpha value is -0.930. The van der Waals surface area contributed by atoms with Gasteiger partial charge < -0.3 is 10.5 Å². The zero-order valence-corrected chi connectivity index (χ0v) is 9.86. The molecule has 2 rings (SSSR count). The van der Waals surface area contributed by atoms with Crippen molar-refractivity contribution in [1.29, 1.82) is 0 Å². The molecule has 16 heavy (non-hydrogen) atoms. The molecule has 1 aromatic rings. The Balaban J connectivity index is 1.94. The first-order valence-electron chi connectivity index (χ1n) is 6.01. The van der Waals surface area contributed by atoms with E-state index >= 15 is 0 Å². The van der Waals surface area contributed by atoms with E-state index in [0.717, 1.165) is 44.1 Å². The average Bonchev–Trinajstić information content (AvgIpc) is 2.30. The van der Waals surface area contributed by atoms with Crippen molar-refractivity contribution in [2.24, 2.45) is 11.7 Å². The van der Waals surface area contributed by atoms with Crippen LogP contribution >= 0.6 is 0 Å². The van der Waals surface area contributed by atoms with Crippen LogP contribution in [0, 0.1) is 12.8 Å². The van der Waals surface area contributed by atoms with Crippen molar-refractivity contribution >= 4 is 0 Å². The van der Waals surface area contributed by atoms with Gasteiger partial charge >= 0.3 is 0 Å². The molecule has 2 heterocycles. The highest BCUT2D eigenvalue weighted by Gasteiger charge is 2.18. The second-order valence-corrected chi connectivity index (χ2v) is 4.63. The molecule has 1 atom stereocenters. The predicted octanol–water partition coefficient (Wildman–Crippen LogP) is 2.21. The number of hydrogen-bond donors (Lipinski definition) is 1. The molecule has 0 radical (unpaired) electrons. The van der Waals surface area contributed by atoms with Gasteiger partial charge in [-0.2, -0.15) is 0 Å². The topological polar surface area (TPSA) is 48.1 Å². The molecule has 0 saturated carbocycles. The third-order valence-electron chi connectivity index (χ3n) is 3.28. The molecule has 0 spiro atoms. The second kappa shape index (κ2) is 5.41. The Labute approximate surface area is 97.0 Å². The third kappa shape index (κ3) is 3.03. The summed E-state index contributed by atoms with van der Waals surface area (Å²) in [4.78, 5) is 4.19. The van der Waals surface area contributed by atoms with Crippen molar-refractivity contribution in [3.05, 3.63) is 29.6 Å². The summed E-state index contributed by atoms with van der Waals surface area (Å²) in [7, 11) is 0. The summed E-state index contributed by atoms with van der Waals surface area (Å²) in [5.41, 5.74) is 8.48. The van der Waals surface area contributed by atoms with Gasteiger partial charge in [-0.05, 0) is 49.8 Å². The third-order valence-corrected chi connectivity index (χ3v) is 3.28. The van der Waals surface area contributed by atoms with Gasteiger partial charge in [-0.3, -0.25) is 4.98 Å². The smallest absolute Gasteiger partial charge is 0.0468 e. The Morgan fingerprint density at radius 1 is 1.50 bits per heavy atom. The summed E-state index contributed by atoms with van der Waals surface area (Å²) >= 11 is 0. The standard InChI is InChI=1S/C13H20N2O/c1-10-8-12(2-5-15-10)13(14)9-11-3-6-16-7-4-11/h2,5,8,11,13H,3-4,6-7,9,14H2,1H3. The van der Waals surface area contributed by atoms with Crippen molar-refractivity contribution in [2.75, 3.05) is 13.2 Å². The minimum atomic E-state index is 0.143. The van der Waals surface area contributed by atoms with Crippen molar-refractivity contribution in [3.8, 4) is 0 Å². The normalized spacial score (nSPS) is 19.6. The lowest BCUT2D eigenvalue weighted by molar-refractivity contribution is 0.0618. The number of ether oxygens (including phenoxy) is 1. The van der Waals surface area contributed by atoms with Gasteiger partial charge in [-0.25, -0.2) is 0 Å². The first kappa shape index (κ1) is 11.6. The number of aryl methyl sites for hydroxylation is 1. The fourth-order valence-corrected chi connectivity index (χ4v) is 2.28. The second-order valence-electron chi connectivity index (χ2n) is 4.63. The fraction of sp³-hybridized carbons (Fsp3) is 0.615. The summed E-state index contributed by atoms with van der Waals surface area (Å²) in [6.07, 6.45) is 5.21. The molecule has 0 amide bonds. The van der Waals surface area contributed by atoms with E-state index in [9.17, 15) is 0 Å². The van der Waals surface area contributed by atoms with Crippen molar-refractivity contribution in [1.82, 2.24) is 4.98 Å². The van der Waals surface area contributed by atoms with Gasteiger partial charge in [0.15, 0.2) is 0 Å². The number of aromatic nitrogens is 1. The lowest BCUT2D eigenvalue weighted by atomic mass is 9.90. The molecule has 1 saturated heterocycles. The van der Waals surface area contributed by atoms with Crippen molar-refractivity contribution in [3.63, 3.8) is 0 Å². The summed E-state index contributed by atoms with van der Waals surface area (Å²) in [6, 6.07) is 4.26. The Bertz CT molecular complexity index is 334. The Kier molecular flexibility index (Phi) is 3.91. The van der Waals surface area contributed by atoms with Crippen LogP contribution in [0.25, 0.3) is 0 Å². The quantitative estimate of drug-likeness (QED) is 0.849. The summed E-state index contributed by atoms with van der Waals surface area (Å²) in [6.45, 7) is 3.80. The maximum absolute atomic E-state index is 6.23. The molecule has 1 aliphatic heterocycles. The van der Waals surface area contributed by atoms with Gasteiger partial charge in [0, 0.05) is 31.1 Å². The molecule has 1 unspecified atom stereocenters. The maximum Gasteiger partial charge on any atom is 0.0468 e. The van der Waals surface area contributed by atoms with Crippen LogP contribution in [0.1, 0.15) is 36.6 Å². The van der Waals surface area contributed by atoms with Crippen LogP contribution in [0.15, 0.2) is 18.3 Å². The highest BCUT2D eigenvalue weighted by Crippen LogP contribution is 2.25. The molecular weight excluding hydrogens is 200 g/mol. The molecule has 1 fully saturated rings. The molecule has 1 aromatic heterocycles. The molecular formula is C13H20N2O. The van der Waals surface area contributed by atoms with Gasteiger partial charge in [-0.1, -0.05) is 0 Å². The SMILES string of the molecule is Cc1cc(C(N)CC2CCOCC2)ccn1. The van der Waals surface area contributed by atoms with Crippen molar-refractivity contribution < 1.29 is 4.74 Å². The van der Waals surface area contributed by atoms with Gasteiger partial charge in [0.1, 0.15) is 0 Å². The summed E-state index contributed by atoms with van der Waals surface area (Å²) in [5.74, 6) is 0.720.